The van der Waals surface area contributed by atoms with Gasteiger partial charge in [0.05, 0.1) is 6.20 Å². The molecule has 3 heterocycles. The average Bonchev–Trinajstić information content (AvgIpc) is 3.52. The Hall–Kier alpha value is -3.73. The van der Waals surface area contributed by atoms with Crippen LogP contribution in [-0.4, -0.2) is 15.9 Å². The van der Waals surface area contributed by atoms with Crippen molar-refractivity contribution in [2.45, 2.75) is 114 Å². The van der Waals surface area contributed by atoms with Gasteiger partial charge in [0.1, 0.15) is 22.8 Å². The minimum Gasteiger partial charge on any atom is -0.512 e. The van der Waals surface area contributed by atoms with Gasteiger partial charge in [0, 0.05) is 73.8 Å². The maximum Gasteiger partial charge on any atom is 0.164 e. The Bertz CT molecular complexity index is 2010. The van der Waals surface area contributed by atoms with Crippen LogP contribution in [0, 0.1) is 29.9 Å². The number of hydrogen-bond acceptors (Lipinski definition) is 4. The molecule has 5 aromatic rings. The molecule has 6 heteroatoms. The van der Waals surface area contributed by atoms with Crippen molar-refractivity contribution < 1.29 is 39.0 Å². The molecule has 3 aromatic heterocycles. The quantitative estimate of drug-likeness (QED) is 0.0621. The zero-order valence-electron chi connectivity index (χ0n) is 33.2. The number of rotatable bonds is 11. The zero-order valence-corrected chi connectivity index (χ0v) is 35.6. The summed E-state index contributed by atoms with van der Waals surface area (Å²) in [5.41, 5.74) is 5.66. The number of nitrogens with zero attached hydrogens (tertiary/aromatic N) is 2. The second-order valence-corrected chi connectivity index (χ2v) is 16.0. The first-order valence-corrected chi connectivity index (χ1v) is 18.6. The van der Waals surface area contributed by atoms with Crippen LogP contribution in [0.25, 0.3) is 44.1 Å². The van der Waals surface area contributed by atoms with E-state index in [0.717, 1.165) is 76.6 Å². The SMILES string of the molecule is CCC(C)(CC)C(=O)/C=C(\O)C(C)(CC)CC.[CH2-][n+]1ccc(-c2cncc3cc(CC(C)C)oc23)cc1-c1[c-]c2ccccc2c(C(C)(C)C)c1.[Ir]. The molecule has 0 fully saturated rings. The van der Waals surface area contributed by atoms with Gasteiger partial charge in [-0.2, -0.15) is 0 Å². The molecule has 0 aliphatic carbocycles. The van der Waals surface area contributed by atoms with Crippen molar-refractivity contribution in [2.24, 2.45) is 16.7 Å². The van der Waals surface area contributed by atoms with E-state index < -0.39 is 0 Å². The van der Waals surface area contributed by atoms with Crippen LogP contribution in [0.3, 0.4) is 0 Å². The van der Waals surface area contributed by atoms with E-state index in [4.69, 9.17) is 4.42 Å². The predicted octanol–water partition coefficient (Wildman–Crippen LogP) is 12.2. The summed E-state index contributed by atoms with van der Waals surface area (Å²) >= 11 is 0. The van der Waals surface area contributed by atoms with E-state index in [-0.39, 0.29) is 47.9 Å². The maximum atomic E-state index is 12.2. The van der Waals surface area contributed by atoms with Crippen molar-refractivity contribution >= 4 is 27.5 Å². The van der Waals surface area contributed by atoms with Gasteiger partial charge < -0.3 is 14.1 Å². The standard InChI is InChI=1S/C31H31N2O.C15H28O2.Ir/c1-20(2)13-25-15-24-18-32-19-27(30(24)34-25)22-11-12-33(6)29(17-22)23-14-21-9-7-8-10-26(21)28(16-23)31(3,4)5;1-7-14(5,8-2)12(16)11-13(17)15(6,9-3)10-4;/h7-12,15-20H,6,13H2,1-5H3;11,16H,7-10H2,1-6H3;/q-1;;/b;12-11-;. The van der Waals surface area contributed by atoms with Crippen molar-refractivity contribution in [3.05, 3.63) is 103 Å². The second-order valence-electron chi connectivity index (χ2n) is 16.0. The molecular formula is C46H59IrN2O3-. The van der Waals surface area contributed by atoms with Crippen LogP contribution in [0.1, 0.15) is 113 Å². The van der Waals surface area contributed by atoms with Crippen LogP contribution in [0.15, 0.2) is 83.4 Å². The van der Waals surface area contributed by atoms with Crippen molar-refractivity contribution in [2.75, 3.05) is 0 Å². The van der Waals surface area contributed by atoms with Crippen LogP contribution in [0.5, 0.6) is 0 Å². The summed E-state index contributed by atoms with van der Waals surface area (Å²) in [5, 5.41) is 13.5. The minimum absolute atomic E-state index is 0. The van der Waals surface area contributed by atoms with Crippen LogP contribution < -0.4 is 4.57 Å². The van der Waals surface area contributed by atoms with Gasteiger partial charge in [-0.15, -0.1) is 29.1 Å². The molecule has 0 unspecified atom stereocenters. The number of allylic oxidation sites excluding steroid dienone is 2. The second kappa shape index (κ2) is 17.4. The zero-order chi connectivity index (χ0) is 37.7. The molecule has 0 atom stereocenters. The van der Waals surface area contributed by atoms with Gasteiger partial charge in [0.2, 0.25) is 0 Å². The fraction of sp³-hybridized carbons (Fsp3) is 0.435. The Labute approximate surface area is 326 Å². The molecular weight excluding hydrogens is 821 g/mol. The van der Waals surface area contributed by atoms with Crippen LogP contribution in [-0.2, 0) is 36.7 Å². The number of benzene rings is 2. The van der Waals surface area contributed by atoms with E-state index in [2.05, 4.69) is 101 Å². The molecule has 1 N–H and O–H groups in total. The predicted molar refractivity (Wildman–Crippen MR) is 213 cm³/mol. The van der Waals surface area contributed by atoms with Crippen molar-refractivity contribution in [3.8, 4) is 22.4 Å². The van der Waals surface area contributed by atoms with Crippen LogP contribution in [0.2, 0.25) is 0 Å². The number of hydrogen-bond donors (Lipinski definition) is 1. The van der Waals surface area contributed by atoms with Gasteiger partial charge in [0.25, 0.3) is 0 Å². The van der Waals surface area contributed by atoms with Gasteiger partial charge in [0.15, 0.2) is 5.78 Å². The molecule has 5 rings (SSSR count). The number of pyridine rings is 2. The van der Waals surface area contributed by atoms with E-state index >= 15 is 0 Å². The fourth-order valence-electron chi connectivity index (χ4n) is 6.33. The molecule has 5 nitrogen and oxygen atoms in total. The molecule has 0 aliphatic heterocycles. The summed E-state index contributed by atoms with van der Waals surface area (Å²) in [7, 11) is 4.26. The number of aliphatic hydroxyl groups is 1. The molecule has 281 valence electrons. The minimum atomic E-state index is -0.337. The van der Waals surface area contributed by atoms with E-state index in [1.54, 1.807) is 0 Å². The monoisotopic (exact) mass is 880 g/mol. The van der Waals surface area contributed by atoms with Crippen LogP contribution in [0.4, 0.5) is 0 Å². The number of carbonyl (C=O) groups is 1. The van der Waals surface area contributed by atoms with Gasteiger partial charge in [-0.25, -0.2) is 0 Å². The Morgan fingerprint density at radius 2 is 1.58 bits per heavy atom. The van der Waals surface area contributed by atoms with Gasteiger partial charge in [-0.3, -0.25) is 9.78 Å². The number of fused-ring (bicyclic) bond motifs is 2. The molecule has 0 bridgehead atoms. The third-order valence-electron chi connectivity index (χ3n) is 10.9. The first-order chi connectivity index (χ1) is 24.0. The van der Waals surface area contributed by atoms with Crippen LogP contribution >= 0.6 is 0 Å². The molecule has 0 saturated carbocycles. The van der Waals surface area contributed by atoms with Crippen molar-refractivity contribution in [3.63, 3.8) is 0 Å². The van der Waals surface area contributed by atoms with Gasteiger partial charge in [-0.1, -0.05) is 105 Å². The Morgan fingerprint density at radius 3 is 2.17 bits per heavy atom. The molecule has 2 aromatic carbocycles. The molecule has 0 saturated heterocycles. The molecule has 52 heavy (non-hydrogen) atoms. The summed E-state index contributed by atoms with van der Waals surface area (Å²) in [6.45, 7) is 23.3. The van der Waals surface area contributed by atoms with E-state index in [0.29, 0.717) is 5.92 Å². The molecule has 0 spiro atoms. The smallest absolute Gasteiger partial charge is 0.164 e. The number of aromatic nitrogens is 2. The summed E-state index contributed by atoms with van der Waals surface area (Å²) in [5.74, 6) is 1.82. The number of ketones is 1. The van der Waals surface area contributed by atoms with Crippen molar-refractivity contribution in [1.82, 2.24) is 4.98 Å². The van der Waals surface area contributed by atoms with E-state index in [9.17, 15) is 9.90 Å². The Morgan fingerprint density at radius 1 is 0.942 bits per heavy atom. The number of aliphatic hydroxyl groups excluding tert-OH is 1. The van der Waals surface area contributed by atoms with E-state index in [1.165, 1.54) is 17.0 Å². The largest absolute Gasteiger partial charge is 0.512 e. The topological polar surface area (TPSA) is 67.2 Å². The first-order valence-electron chi connectivity index (χ1n) is 18.6. The number of furan rings is 1. The summed E-state index contributed by atoms with van der Waals surface area (Å²) < 4.78 is 8.20. The molecule has 0 aliphatic rings. The van der Waals surface area contributed by atoms with Gasteiger partial charge >= 0.3 is 0 Å². The third-order valence-corrected chi connectivity index (χ3v) is 10.9. The van der Waals surface area contributed by atoms with Crippen molar-refractivity contribution in [1.29, 1.82) is 0 Å². The summed E-state index contributed by atoms with van der Waals surface area (Å²) in [6.07, 6.45) is 11.4. The molecule has 0 amide bonds. The maximum absolute atomic E-state index is 12.2. The number of carbonyl (C=O) groups excluding carboxylic acids is 1. The first kappa shape index (κ1) is 42.7. The average molecular weight is 880 g/mol. The summed E-state index contributed by atoms with van der Waals surface area (Å²) in [4.78, 5) is 16.7. The van der Waals surface area contributed by atoms with E-state index in [1.807, 2.05) is 64.7 Å². The third kappa shape index (κ3) is 9.43. The molecule has 1 radical (unpaired) electrons. The normalized spacial score (nSPS) is 12.5. The Kier molecular flexibility index (Phi) is 14.3. The van der Waals surface area contributed by atoms with Gasteiger partial charge in [-0.05, 0) is 60.8 Å². The Balaban J connectivity index is 0.000000347. The summed E-state index contributed by atoms with van der Waals surface area (Å²) in [6, 6.07) is 20.7. The fourth-order valence-corrected chi connectivity index (χ4v) is 6.33.